The van der Waals surface area contributed by atoms with Crippen LogP contribution in [0.5, 0.6) is 0 Å². The molecule has 6 nitrogen and oxygen atoms in total. The van der Waals surface area contributed by atoms with Crippen molar-refractivity contribution in [3.05, 3.63) is 59.7 Å². The third-order valence-electron chi connectivity index (χ3n) is 5.24. The lowest BCUT2D eigenvalue weighted by Crippen LogP contribution is -2.23. The molecule has 1 N–H and O–H groups in total. The van der Waals surface area contributed by atoms with Gasteiger partial charge in [0, 0.05) is 30.1 Å². The summed E-state index contributed by atoms with van der Waals surface area (Å²) in [6.45, 7) is 5.11. The van der Waals surface area contributed by atoms with E-state index in [1.54, 1.807) is 16.7 Å². The van der Waals surface area contributed by atoms with Crippen molar-refractivity contribution < 1.29 is 9.59 Å². The Hall–Kier alpha value is -2.36. The number of amides is 2. The number of carbonyl (C=O) groups excluding carboxylic acids is 2. The largest absolute Gasteiger partial charge is 0.325 e. The lowest BCUT2D eigenvalue weighted by molar-refractivity contribution is -0.117. The first-order valence-corrected chi connectivity index (χ1v) is 13.6. The summed E-state index contributed by atoms with van der Waals surface area (Å²) >= 11 is 4.55. The fraction of sp³-hybridized carbons (Fsp3) is 0.333. The topological polar surface area (TPSA) is 75.2 Å². The highest BCUT2D eigenvalue weighted by Crippen LogP contribution is 2.31. The quantitative estimate of drug-likeness (QED) is 0.375. The molecule has 0 aliphatic carbocycles. The van der Waals surface area contributed by atoms with E-state index < -0.39 is 0 Å². The molecule has 1 aromatic heterocycles. The molecule has 0 atom stereocenters. The van der Waals surface area contributed by atoms with Crippen molar-refractivity contribution in [1.82, 2.24) is 10.2 Å². The number of hydrogen-bond acceptors (Lipinski definition) is 7. The van der Waals surface area contributed by atoms with Crippen molar-refractivity contribution in [2.45, 2.75) is 47.0 Å². The highest BCUT2D eigenvalue weighted by Gasteiger charge is 2.21. The van der Waals surface area contributed by atoms with Gasteiger partial charge in [-0.3, -0.25) is 9.59 Å². The first kappa shape index (κ1) is 23.8. The Bertz CT molecular complexity index is 1110. The van der Waals surface area contributed by atoms with Crippen molar-refractivity contribution in [3.8, 4) is 0 Å². The molecule has 0 bridgehead atoms. The van der Waals surface area contributed by atoms with Crippen molar-refractivity contribution in [3.63, 3.8) is 0 Å². The summed E-state index contributed by atoms with van der Waals surface area (Å²) in [6.07, 6.45) is 1.46. The fourth-order valence-corrected chi connectivity index (χ4v) is 6.23. The fourth-order valence-electron chi connectivity index (χ4n) is 3.45. The number of rotatable bonds is 9. The van der Waals surface area contributed by atoms with E-state index in [2.05, 4.69) is 53.6 Å². The zero-order chi connectivity index (χ0) is 23.2. The minimum atomic E-state index is -0.112. The molecule has 0 spiro atoms. The Morgan fingerprint density at radius 2 is 1.88 bits per heavy atom. The number of nitrogens with zero attached hydrogens (tertiary/aromatic N) is 3. The van der Waals surface area contributed by atoms with Gasteiger partial charge in [-0.25, -0.2) is 0 Å². The van der Waals surface area contributed by atoms with Gasteiger partial charge in [-0.15, -0.1) is 10.2 Å². The Kier molecular flexibility index (Phi) is 8.06. The van der Waals surface area contributed by atoms with Gasteiger partial charge in [0.1, 0.15) is 0 Å². The molecule has 172 valence electrons. The van der Waals surface area contributed by atoms with Gasteiger partial charge in [0.25, 0.3) is 0 Å². The van der Waals surface area contributed by atoms with Gasteiger partial charge in [0.2, 0.25) is 11.8 Å². The molecule has 2 amide bonds. The van der Waals surface area contributed by atoms with Gasteiger partial charge in [-0.2, -0.15) is 0 Å². The smallest absolute Gasteiger partial charge is 0.234 e. The predicted octanol–water partition coefficient (Wildman–Crippen LogP) is 5.81. The summed E-state index contributed by atoms with van der Waals surface area (Å²) in [5.41, 5.74) is 4.11. The van der Waals surface area contributed by atoms with Crippen LogP contribution in [0.15, 0.2) is 57.2 Å². The zero-order valence-electron chi connectivity index (χ0n) is 18.6. The highest BCUT2D eigenvalue weighted by atomic mass is 32.2. The van der Waals surface area contributed by atoms with Crippen LogP contribution in [0.25, 0.3) is 0 Å². The van der Waals surface area contributed by atoms with Crippen LogP contribution < -0.4 is 10.2 Å². The molecule has 0 unspecified atom stereocenters. The molecule has 1 saturated heterocycles. The van der Waals surface area contributed by atoms with E-state index in [0.717, 1.165) is 33.1 Å². The second kappa shape index (κ2) is 11.2. The van der Waals surface area contributed by atoms with Crippen LogP contribution >= 0.6 is 34.9 Å². The molecule has 33 heavy (non-hydrogen) atoms. The number of aromatic nitrogens is 2. The predicted molar refractivity (Wildman–Crippen MR) is 137 cm³/mol. The minimum absolute atomic E-state index is 0.112. The van der Waals surface area contributed by atoms with Crippen LogP contribution in [-0.4, -0.2) is 34.3 Å². The van der Waals surface area contributed by atoms with Gasteiger partial charge in [0.05, 0.1) is 5.75 Å². The Labute approximate surface area is 206 Å². The van der Waals surface area contributed by atoms with Crippen LogP contribution in [0.2, 0.25) is 0 Å². The van der Waals surface area contributed by atoms with E-state index in [1.807, 2.05) is 24.3 Å². The molecule has 1 aliphatic rings. The maximum atomic E-state index is 12.4. The average Bonchev–Trinajstić information content (AvgIpc) is 3.45. The first-order valence-electron chi connectivity index (χ1n) is 10.9. The van der Waals surface area contributed by atoms with Crippen LogP contribution in [0.1, 0.15) is 43.7 Å². The van der Waals surface area contributed by atoms with Gasteiger partial charge in [-0.05, 0) is 41.7 Å². The second-order valence-electron chi connectivity index (χ2n) is 8.05. The van der Waals surface area contributed by atoms with E-state index in [-0.39, 0.29) is 17.6 Å². The summed E-state index contributed by atoms with van der Waals surface area (Å²) < 4.78 is 1.67. The van der Waals surface area contributed by atoms with E-state index in [9.17, 15) is 9.59 Å². The molecule has 1 fully saturated rings. The number of hydrogen-bond donors (Lipinski definition) is 1. The molecule has 0 radical (unpaired) electrons. The first-order chi connectivity index (χ1) is 16.0. The molecular formula is C24H26N4O2S3. The molecular weight excluding hydrogens is 472 g/mol. The highest BCUT2D eigenvalue weighted by molar-refractivity contribution is 8.03. The number of thioether (sulfide) groups is 2. The van der Waals surface area contributed by atoms with Crippen LogP contribution in [0, 0.1) is 0 Å². The molecule has 2 heterocycles. The summed E-state index contributed by atoms with van der Waals surface area (Å²) in [7, 11) is 0. The van der Waals surface area contributed by atoms with Gasteiger partial charge >= 0.3 is 0 Å². The summed E-state index contributed by atoms with van der Waals surface area (Å²) in [6, 6.07) is 16.1. The van der Waals surface area contributed by atoms with Crippen LogP contribution in [-0.2, 0) is 15.3 Å². The Morgan fingerprint density at radius 1 is 1.12 bits per heavy atom. The van der Waals surface area contributed by atoms with E-state index in [4.69, 9.17) is 0 Å². The summed E-state index contributed by atoms with van der Waals surface area (Å²) in [5, 5.41) is 11.4. The maximum absolute atomic E-state index is 12.4. The van der Waals surface area contributed by atoms with Crippen molar-refractivity contribution in [2.75, 3.05) is 22.5 Å². The maximum Gasteiger partial charge on any atom is 0.234 e. The van der Waals surface area contributed by atoms with Gasteiger partial charge < -0.3 is 10.2 Å². The number of anilines is 2. The number of benzene rings is 2. The lowest BCUT2D eigenvalue weighted by Gasteiger charge is -2.16. The SMILES string of the molecule is CC(C)c1ccc(CSc2nnc(SCC(=O)Nc3cccc(N4CCCC4=O)c3)s2)cc1. The lowest BCUT2D eigenvalue weighted by atomic mass is 10.0. The normalized spacial score (nSPS) is 13.7. The zero-order valence-corrected chi connectivity index (χ0v) is 21.1. The van der Waals surface area contributed by atoms with E-state index >= 15 is 0 Å². The van der Waals surface area contributed by atoms with Crippen molar-refractivity contribution in [1.29, 1.82) is 0 Å². The van der Waals surface area contributed by atoms with Crippen molar-refractivity contribution in [2.24, 2.45) is 0 Å². The number of nitrogens with one attached hydrogen (secondary N) is 1. The van der Waals surface area contributed by atoms with Crippen molar-refractivity contribution >= 4 is 58.0 Å². The summed E-state index contributed by atoms with van der Waals surface area (Å²) in [4.78, 5) is 26.1. The molecule has 3 aromatic rings. The third kappa shape index (κ3) is 6.59. The van der Waals surface area contributed by atoms with Crippen LogP contribution in [0.4, 0.5) is 11.4 Å². The Balaban J connectivity index is 1.24. The monoisotopic (exact) mass is 498 g/mol. The molecule has 4 rings (SSSR count). The Morgan fingerprint density at radius 3 is 2.58 bits per heavy atom. The third-order valence-corrected chi connectivity index (χ3v) is 8.50. The molecule has 9 heteroatoms. The van der Waals surface area contributed by atoms with E-state index in [0.29, 0.717) is 18.0 Å². The van der Waals surface area contributed by atoms with Crippen LogP contribution in [0.3, 0.4) is 0 Å². The molecule has 0 saturated carbocycles. The summed E-state index contributed by atoms with van der Waals surface area (Å²) in [5.74, 6) is 1.65. The average molecular weight is 499 g/mol. The molecule has 1 aliphatic heterocycles. The van der Waals surface area contributed by atoms with Gasteiger partial charge in [0.15, 0.2) is 8.68 Å². The standard InChI is InChI=1S/C24H26N4O2S3/c1-16(2)18-10-8-17(9-11-18)14-31-23-26-27-24(33-23)32-15-21(29)25-19-5-3-6-20(13-19)28-12-4-7-22(28)30/h3,5-6,8-11,13,16H,4,7,12,14-15H2,1-2H3,(H,25,29). The van der Waals surface area contributed by atoms with Gasteiger partial charge in [-0.1, -0.05) is 79.0 Å². The number of carbonyl (C=O) groups is 2. The second-order valence-corrected chi connectivity index (χ2v) is 11.5. The van der Waals surface area contributed by atoms with E-state index in [1.165, 1.54) is 34.2 Å². The minimum Gasteiger partial charge on any atom is -0.325 e. The molecule has 2 aromatic carbocycles.